The molecule has 5 heteroatoms. The maximum Gasteiger partial charge on any atom is 0.210 e. The van der Waals surface area contributed by atoms with Gasteiger partial charge >= 0.3 is 0 Å². The summed E-state index contributed by atoms with van der Waals surface area (Å²) in [4.78, 5) is 0. The van der Waals surface area contributed by atoms with Crippen molar-refractivity contribution in [2.45, 2.75) is 12.7 Å². The summed E-state index contributed by atoms with van der Waals surface area (Å²) >= 11 is 3.22. The standard InChI is InChI=1S/C12H15BrFNO2/c1-8-5-16-12(7-15,17-6-8)10-3-2-9(13)4-11(10)14/h2-4,8H,5-7,15H2,1H3. The number of hydrogen-bond acceptors (Lipinski definition) is 3. The molecular formula is C12H15BrFNO2. The molecule has 1 aliphatic heterocycles. The van der Waals surface area contributed by atoms with Gasteiger partial charge < -0.3 is 15.2 Å². The molecule has 0 spiro atoms. The Hall–Kier alpha value is -0.490. The lowest BCUT2D eigenvalue weighted by atomic mass is 10.0. The molecule has 0 unspecified atom stereocenters. The maximum atomic E-state index is 13.9. The van der Waals surface area contributed by atoms with Crippen LogP contribution in [0.2, 0.25) is 0 Å². The van der Waals surface area contributed by atoms with Crippen LogP contribution in [0.5, 0.6) is 0 Å². The normalized spacial score (nSPS) is 29.3. The van der Waals surface area contributed by atoms with Crippen LogP contribution in [-0.2, 0) is 15.3 Å². The molecule has 94 valence electrons. The highest BCUT2D eigenvalue weighted by atomic mass is 79.9. The summed E-state index contributed by atoms with van der Waals surface area (Å²) in [5, 5.41) is 0. The minimum atomic E-state index is -1.14. The van der Waals surface area contributed by atoms with Crippen LogP contribution in [0.15, 0.2) is 22.7 Å². The third-order valence-corrected chi connectivity index (χ3v) is 3.31. The Morgan fingerprint density at radius 2 is 2.12 bits per heavy atom. The van der Waals surface area contributed by atoms with Crippen molar-refractivity contribution in [1.82, 2.24) is 0 Å². The van der Waals surface area contributed by atoms with Crippen molar-refractivity contribution in [2.24, 2.45) is 11.7 Å². The van der Waals surface area contributed by atoms with Crippen molar-refractivity contribution in [2.75, 3.05) is 19.8 Å². The van der Waals surface area contributed by atoms with E-state index < -0.39 is 5.79 Å². The van der Waals surface area contributed by atoms with Crippen LogP contribution in [0.1, 0.15) is 12.5 Å². The largest absolute Gasteiger partial charge is 0.344 e. The van der Waals surface area contributed by atoms with Crippen LogP contribution in [0.3, 0.4) is 0 Å². The second-order valence-electron chi connectivity index (χ2n) is 4.31. The van der Waals surface area contributed by atoms with E-state index in [1.54, 1.807) is 12.1 Å². The minimum Gasteiger partial charge on any atom is -0.344 e. The van der Waals surface area contributed by atoms with Gasteiger partial charge in [-0.05, 0) is 18.2 Å². The fourth-order valence-electron chi connectivity index (χ4n) is 1.83. The van der Waals surface area contributed by atoms with E-state index in [1.807, 2.05) is 6.92 Å². The van der Waals surface area contributed by atoms with Crippen LogP contribution in [0, 0.1) is 11.7 Å². The van der Waals surface area contributed by atoms with E-state index in [0.717, 1.165) is 0 Å². The van der Waals surface area contributed by atoms with Crippen molar-refractivity contribution in [3.05, 3.63) is 34.1 Å². The van der Waals surface area contributed by atoms with Gasteiger partial charge in [-0.3, -0.25) is 0 Å². The molecule has 0 saturated carbocycles. The summed E-state index contributed by atoms with van der Waals surface area (Å²) < 4.78 is 25.9. The molecule has 0 atom stereocenters. The van der Waals surface area contributed by atoms with E-state index in [2.05, 4.69) is 15.9 Å². The first-order chi connectivity index (χ1) is 8.07. The molecule has 0 radical (unpaired) electrons. The quantitative estimate of drug-likeness (QED) is 0.912. The zero-order valence-electron chi connectivity index (χ0n) is 9.58. The Bertz CT molecular complexity index is 405. The monoisotopic (exact) mass is 303 g/mol. The molecule has 0 amide bonds. The molecule has 1 aliphatic rings. The Morgan fingerprint density at radius 1 is 1.47 bits per heavy atom. The van der Waals surface area contributed by atoms with Gasteiger partial charge in [0, 0.05) is 16.0 Å². The first kappa shape index (κ1) is 13.0. The van der Waals surface area contributed by atoms with Gasteiger partial charge in [0.1, 0.15) is 5.82 Å². The molecular weight excluding hydrogens is 289 g/mol. The van der Waals surface area contributed by atoms with Gasteiger partial charge in [0.2, 0.25) is 5.79 Å². The number of hydrogen-bond donors (Lipinski definition) is 1. The number of ether oxygens (including phenoxy) is 2. The first-order valence-corrected chi connectivity index (χ1v) is 6.30. The number of rotatable bonds is 2. The van der Waals surface area contributed by atoms with Crippen LogP contribution in [0.25, 0.3) is 0 Å². The van der Waals surface area contributed by atoms with E-state index in [-0.39, 0.29) is 12.4 Å². The second-order valence-corrected chi connectivity index (χ2v) is 5.22. The molecule has 0 bridgehead atoms. The highest BCUT2D eigenvalue weighted by Crippen LogP contribution is 2.33. The molecule has 1 saturated heterocycles. The fraction of sp³-hybridized carbons (Fsp3) is 0.500. The number of halogens is 2. The lowest BCUT2D eigenvalue weighted by Gasteiger charge is -2.39. The maximum absolute atomic E-state index is 13.9. The lowest BCUT2D eigenvalue weighted by molar-refractivity contribution is -0.285. The van der Waals surface area contributed by atoms with Crippen molar-refractivity contribution >= 4 is 15.9 Å². The van der Waals surface area contributed by atoms with Crippen molar-refractivity contribution in [3.8, 4) is 0 Å². The predicted molar refractivity (Wildman–Crippen MR) is 65.9 cm³/mol. The zero-order chi connectivity index (χ0) is 12.5. The highest BCUT2D eigenvalue weighted by molar-refractivity contribution is 9.10. The van der Waals surface area contributed by atoms with E-state index >= 15 is 0 Å². The average Bonchev–Trinajstić information content (AvgIpc) is 2.31. The van der Waals surface area contributed by atoms with Gasteiger partial charge in [0.15, 0.2) is 0 Å². The highest BCUT2D eigenvalue weighted by Gasteiger charge is 2.39. The molecule has 2 N–H and O–H groups in total. The van der Waals surface area contributed by atoms with E-state index in [1.165, 1.54) is 6.07 Å². The SMILES string of the molecule is CC1COC(CN)(c2ccc(Br)cc2F)OC1. The predicted octanol–water partition coefficient (Wildman–Crippen LogP) is 2.38. The molecule has 1 aromatic carbocycles. The molecule has 1 fully saturated rings. The number of nitrogens with two attached hydrogens (primary N) is 1. The average molecular weight is 304 g/mol. The molecule has 2 rings (SSSR count). The third kappa shape index (κ3) is 2.52. The van der Waals surface area contributed by atoms with Gasteiger partial charge in [0.05, 0.1) is 19.8 Å². The van der Waals surface area contributed by atoms with E-state index in [0.29, 0.717) is 29.2 Å². The van der Waals surface area contributed by atoms with Crippen molar-refractivity contribution < 1.29 is 13.9 Å². The summed E-state index contributed by atoms with van der Waals surface area (Å²) in [5.74, 6) is -1.22. The van der Waals surface area contributed by atoms with Crippen molar-refractivity contribution in [3.63, 3.8) is 0 Å². The van der Waals surface area contributed by atoms with Gasteiger partial charge in [-0.1, -0.05) is 22.9 Å². The third-order valence-electron chi connectivity index (χ3n) is 2.81. The Morgan fingerprint density at radius 3 is 2.65 bits per heavy atom. The molecule has 1 heterocycles. The molecule has 0 aliphatic carbocycles. The topological polar surface area (TPSA) is 44.5 Å². The summed E-state index contributed by atoms with van der Waals surface area (Å²) in [5.41, 5.74) is 6.05. The molecule has 0 aromatic heterocycles. The van der Waals surface area contributed by atoms with Gasteiger partial charge in [0.25, 0.3) is 0 Å². The Kier molecular flexibility index (Phi) is 3.82. The molecule has 17 heavy (non-hydrogen) atoms. The second kappa shape index (κ2) is 5.02. The van der Waals surface area contributed by atoms with Crippen LogP contribution in [0.4, 0.5) is 4.39 Å². The molecule has 1 aromatic rings. The number of benzene rings is 1. The minimum absolute atomic E-state index is 0.0955. The summed E-state index contributed by atoms with van der Waals surface area (Å²) in [6, 6.07) is 4.78. The summed E-state index contributed by atoms with van der Waals surface area (Å²) in [7, 11) is 0. The Labute approximate surface area is 108 Å². The van der Waals surface area contributed by atoms with Crippen LogP contribution in [-0.4, -0.2) is 19.8 Å². The van der Waals surface area contributed by atoms with Crippen LogP contribution >= 0.6 is 15.9 Å². The fourth-order valence-corrected chi connectivity index (χ4v) is 2.16. The summed E-state index contributed by atoms with van der Waals surface area (Å²) in [6.45, 7) is 3.15. The van der Waals surface area contributed by atoms with Gasteiger partial charge in [-0.2, -0.15) is 0 Å². The Balaban J connectivity index is 2.34. The van der Waals surface area contributed by atoms with E-state index in [4.69, 9.17) is 15.2 Å². The summed E-state index contributed by atoms with van der Waals surface area (Å²) in [6.07, 6.45) is 0. The van der Waals surface area contributed by atoms with Crippen molar-refractivity contribution in [1.29, 1.82) is 0 Å². The smallest absolute Gasteiger partial charge is 0.210 e. The lowest BCUT2D eigenvalue weighted by Crippen LogP contribution is -2.47. The van der Waals surface area contributed by atoms with Gasteiger partial charge in [-0.25, -0.2) is 4.39 Å². The van der Waals surface area contributed by atoms with E-state index in [9.17, 15) is 4.39 Å². The van der Waals surface area contributed by atoms with Crippen LogP contribution < -0.4 is 5.73 Å². The zero-order valence-corrected chi connectivity index (χ0v) is 11.2. The molecule has 3 nitrogen and oxygen atoms in total. The van der Waals surface area contributed by atoms with Gasteiger partial charge in [-0.15, -0.1) is 0 Å². The first-order valence-electron chi connectivity index (χ1n) is 5.51.